The number of unbranched alkanes of at least 4 members (excludes halogenated alkanes) is 6. The monoisotopic (exact) mass is 395 g/mol. The number of piperidine rings is 1. The van der Waals surface area contributed by atoms with Crippen LogP contribution in [0.5, 0.6) is 0 Å². The van der Waals surface area contributed by atoms with Crippen molar-refractivity contribution in [3.63, 3.8) is 0 Å². The van der Waals surface area contributed by atoms with E-state index in [1.54, 1.807) is 0 Å². The molecule has 0 N–H and O–H groups in total. The highest BCUT2D eigenvalue weighted by Crippen LogP contribution is 2.20. The first-order valence-corrected chi connectivity index (χ1v) is 11.8. The molecular formula is C23H43N2O3+. The number of amides is 1. The lowest BCUT2D eigenvalue weighted by Gasteiger charge is -2.40. The van der Waals surface area contributed by atoms with Gasteiger partial charge in [0.15, 0.2) is 6.10 Å². The maximum Gasteiger partial charge on any atom is 0.306 e. The van der Waals surface area contributed by atoms with Crippen LogP contribution in [0.15, 0.2) is 0 Å². The molecule has 5 heteroatoms. The van der Waals surface area contributed by atoms with Gasteiger partial charge in [0.05, 0.1) is 26.7 Å². The van der Waals surface area contributed by atoms with Crippen molar-refractivity contribution in [3.8, 4) is 0 Å². The van der Waals surface area contributed by atoms with Crippen molar-refractivity contribution in [2.45, 2.75) is 96.5 Å². The topological polar surface area (TPSA) is 46.6 Å². The number of esters is 1. The molecule has 0 aliphatic carbocycles. The van der Waals surface area contributed by atoms with Gasteiger partial charge in [0, 0.05) is 19.4 Å². The molecule has 2 rings (SSSR count). The van der Waals surface area contributed by atoms with Gasteiger partial charge >= 0.3 is 5.97 Å². The van der Waals surface area contributed by atoms with E-state index < -0.39 is 0 Å². The third-order valence-corrected chi connectivity index (χ3v) is 6.42. The van der Waals surface area contributed by atoms with E-state index in [1.807, 2.05) is 4.90 Å². The summed E-state index contributed by atoms with van der Waals surface area (Å²) in [7, 11) is 2.28. The van der Waals surface area contributed by atoms with Gasteiger partial charge in [-0.15, -0.1) is 0 Å². The van der Waals surface area contributed by atoms with Gasteiger partial charge in [-0.25, -0.2) is 0 Å². The number of likely N-dealkylation sites (N-methyl/N-ethyl adjacent to an activating group) is 1. The van der Waals surface area contributed by atoms with E-state index in [4.69, 9.17) is 4.74 Å². The van der Waals surface area contributed by atoms with Gasteiger partial charge in [0.2, 0.25) is 5.91 Å². The second kappa shape index (κ2) is 12.5. The molecule has 0 radical (unpaired) electrons. The van der Waals surface area contributed by atoms with E-state index in [-0.39, 0.29) is 18.0 Å². The Labute approximate surface area is 172 Å². The summed E-state index contributed by atoms with van der Waals surface area (Å²) in [5, 5.41) is 0. The van der Waals surface area contributed by atoms with E-state index in [9.17, 15) is 9.59 Å². The minimum absolute atomic E-state index is 0.0752. The molecule has 0 aromatic heterocycles. The average molecular weight is 396 g/mol. The number of nitrogens with zero attached hydrogens (tertiary/aromatic N) is 2. The summed E-state index contributed by atoms with van der Waals surface area (Å²) in [6.07, 6.45) is 14.2. The zero-order valence-electron chi connectivity index (χ0n) is 18.4. The van der Waals surface area contributed by atoms with Crippen molar-refractivity contribution in [1.29, 1.82) is 0 Å². The van der Waals surface area contributed by atoms with Crippen molar-refractivity contribution in [1.82, 2.24) is 4.90 Å². The normalized spacial score (nSPS) is 20.4. The largest absolute Gasteiger partial charge is 0.454 e. The zero-order chi connectivity index (χ0) is 20.2. The molecule has 1 unspecified atom stereocenters. The van der Waals surface area contributed by atoms with Crippen LogP contribution in [-0.4, -0.2) is 67.1 Å². The number of carbonyl (C=O) groups is 2. The van der Waals surface area contributed by atoms with Gasteiger partial charge in [0.1, 0.15) is 6.54 Å². The van der Waals surface area contributed by atoms with Crippen LogP contribution < -0.4 is 0 Å². The molecule has 1 atom stereocenters. The Kier molecular flexibility index (Phi) is 10.3. The van der Waals surface area contributed by atoms with Crippen molar-refractivity contribution >= 4 is 11.9 Å². The summed E-state index contributed by atoms with van der Waals surface area (Å²) < 4.78 is 6.90. The van der Waals surface area contributed by atoms with Crippen LogP contribution in [0.3, 0.4) is 0 Å². The number of likely N-dealkylation sites (tertiary alicyclic amines) is 2. The predicted molar refractivity (Wildman–Crippen MR) is 113 cm³/mol. The lowest BCUT2D eigenvalue weighted by atomic mass is 10.1. The first-order valence-electron chi connectivity index (χ1n) is 11.8. The van der Waals surface area contributed by atoms with Crippen molar-refractivity contribution < 1.29 is 18.8 Å². The van der Waals surface area contributed by atoms with Crippen molar-refractivity contribution in [2.24, 2.45) is 0 Å². The molecule has 0 spiro atoms. The third kappa shape index (κ3) is 8.50. The number of hydrogen-bond donors (Lipinski definition) is 0. The van der Waals surface area contributed by atoms with Crippen LogP contribution in [0.2, 0.25) is 0 Å². The Hall–Kier alpha value is -1.10. The van der Waals surface area contributed by atoms with Gasteiger partial charge in [-0.1, -0.05) is 45.4 Å². The van der Waals surface area contributed by atoms with Gasteiger partial charge < -0.3 is 14.1 Å². The number of quaternary nitrogens is 1. The van der Waals surface area contributed by atoms with Crippen LogP contribution in [0.4, 0.5) is 0 Å². The van der Waals surface area contributed by atoms with Gasteiger partial charge in [-0.2, -0.15) is 0 Å². The second-order valence-electron chi connectivity index (χ2n) is 9.24. The molecule has 2 aliphatic rings. The lowest BCUT2D eigenvalue weighted by Crippen LogP contribution is -2.54. The average Bonchev–Trinajstić information content (AvgIpc) is 3.06. The van der Waals surface area contributed by atoms with Gasteiger partial charge in [0.25, 0.3) is 0 Å². The minimum Gasteiger partial charge on any atom is -0.454 e. The Morgan fingerprint density at radius 1 is 1.04 bits per heavy atom. The molecule has 0 aromatic carbocycles. The van der Waals surface area contributed by atoms with Gasteiger partial charge in [-0.05, 0) is 32.1 Å². The Morgan fingerprint density at radius 2 is 1.71 bits per heavy atom. The fourth-order valence-corrected chi connectivity index (χ4v) is 4.70. The highest BCUT2D eigenvalue weighted by atomic mass is 16.5. The van der Waals surface area contributed by atoms with E-state index in [0.717, 1.165) is 49.9 Å². The first kappa shape index (κ1) is 23.2. The molecule has 2 aliphatic heterocycles. The molecule has 1 amide bonds. The standard InChI is InChI=1S/C23H43N2O3/c1-3-4-5-6-7-8-10-15-23(27)28-21(19-24-16-13-14-22(24)26)20-25(2)17-11-9-12-18-25/h21H,3-20H2,1-2H3/q+1. The molecule has 2 fully saturated rings. The summed E-state index contributed by atoms with van der Waals surface area (Å²) in [6.45, 7) is 6.77. The molecule has 0 saturated carbocycles. The highest BCUT2D eigenvalue weighted by molar-refractivity contribution is 5.78. The van der Waals surface area contributed by atoms with Crippen LogP contribution >= 0.6 is 0 Å². The van der Waals surface area contributed by atoms with Gasteiger partial charge in [-0.3, -0.25) is 9.59 Å². The van der Waals surface area contributed by atoms with E-state index in [0.29, 0.717) is 19.4 Å². The summed E-state index contributed by atoms with van der Waals surface area (Å²) in [6, 6.07) is 0. The zero-order valence-corrected chi connectivity index (χ0v) is 18.4. The smallest absolute Gasteiger partial charge is 0.306 e. The molecule has 0 aromatic rings. The Bertz CT molecular complexity index is 474. The Morgan fingerprint density at radius 3 is 2.36 bits per heavy atom. The lowest BCUT2D eigenvalue weighted by molar-refractivity contribution is -0.916. The molecular weight excluding hydrogens is 352 g/mol. The molecule has 0 bridgehead atoms. The van der Waals surface area contributed by atoms with Crippen LogP contribution in [0.1, 0.15) is 90.4 Å². The summed E-state index contributed by atoms with van der Waals surface area (Å²) in [4.78, 5) is 26.4. The molecule has 2 saturated heterocycles. The van der Waals surface area contributed by atoms with Crippen LogP contribution in [-0.2, 0) is 14.3 Å². The number of carbonyl (C=O) groups excluding carboxylic acids is 2. The fraction of sp³-hybridized carbons (Fsp3) is 0.913. The quantitative estimate of drug-likeness (QED) is 0.265. The predicted octanol–water partition coefficient (Wildman–Crippen LogP) is 4.29. The Balaban J connectivity index is 1.77. The summed E-state index contributed by atoms with van der Waals surface area (Å²) >= 11 is 0. The highest BCUT2D eigenvalue weighted by Gasteiger charge is 2.33. The van der Waals surface area contributed by atoms with Crippen LogP contribution in [0.25, 0.3) is 0 Å². The number of hydrogen-bond acceptors (Lipinski definition) is 3. The maximum atomic E-state index is 12.5. The number of rotatable bonds is 13. The van der Waals surface area contributed by atoms with E-state index in [1.165, 1.54) is 51.4 Å². The molecule has 162 valence electrons. The maximum absolute atomic E-state index is 12.5. The molecule has 2 heterocycles. The van der Waals surface area contributed by atoms with E-state index in [2.05, 4.69) is 14.0 Å². The molecule has 5 nitrogen and oxygen atoms in total. The fourth-order valence-electron chi connectivity index (χ4n) is 4.70. The summed E-state index contributed by atoms with van der Waals surface area (Å²) in [5.74, 6) is 0.142. The first-order chi connectivity index (χ1) is 13.5. The second-order valence-corrected chi connectivity index (χ2v) is 9.24. The summed E-state index contributed by atoms with van der Waals surface area (Å²) in [5.41, 5.74) is 0. The van der Waals surface area contributed by atoms with Crippen LogP contribution in [0, 0.1) is 0 Å². The SMILES string of the molecule is CCCCCCCCCC(=O)OC(CN1CCCC1=O)C[N+]1(C)CCCCC1. The number of ether oxygens (including phenoxy) is 1. The van der Waals surface area contributed by atoms with E-state index >= 15 is 0 Å². The minimum atomic E-state index is -0.165. The van der Waals surface area contributed by atoms with Crippen molar-refractivity contribution in [3.05, 3.63) is 0 Å². The van der Waals surface area contributed by atoms with Crippen molar-refractivity contribution in [2.75, 3.05) is 39.8 Å². The third-order valence-electron chi connectivity index (χ3n) is 6.42. The molecule has 28 heavy (non-hydrogen) atoms.